The Bertz CT molecular complexity index is 411. The molecule has 0 saturated carbocycles. The van der Waals surface area contributed by atoms with Gasteiger partial charge in [0.15, 0.2) is 0 Å². The Morgan fingerprint density at radius 3 is 2.69 bits per heavy atom. The van der Waals surface area contributed by atoms with Gasteiger partial charge < -0.3 is 5.11 Å². The fraction of sp³-hybridized carbons (Fsp3) is 0. The molecule has 1 aromatic carbocycles. The first-order chi connectivity index (χ1) is 6.06. The Kier molecular flexibility index (Phi) is 3.12. The normalized spacial score (nSPS) is 9.31. The number of hydrogen-bond acceptors (Lipinski definition) is 2. The maximum atomic E-state index is 10.6. The van der Waals surface area contributed by atoms with Crippen molar-refractivity contribution in [1.82, 2.24) is 0 Å². The molecule has 1 rings (SSSR count). The monoisotopic (exact) mass is 307 g/mol. The first kappa shape index (κ1) is 10.3. The molecule has 0 unspecified atom stereocenters. The fourth-order valence-electron chi connectivity index (χ4n) is 0.826. The Morgan fingerprint density at radius 2 is 2.23 bits per heavy atom. The Morgan fingerprint density at radius 1 is 1.62 bits per heavy atom. The summed E-state index contributed by atoms with van der Waals surface area (Å²) < 4.78 is 0.677. The van der Waals surface area contributed by atoms with Crippen molar-refractivity contribution in [3.8, 4) is 6.07 Å². The molecule has 0 spiro atoms. The lowest BCUT2D eigenvalue weighted by Crippen LogP contribution is -1.99. The summed E-state index contributed by atoms with van der Waals surface area (Å²) in [6.45, 7) is 0. The zero-order valence-corrected chi connectivity index (χ0v) is 9.13. The number of halogens is 2. The average Bonchev–Trinajstić information content (AvgIpc) is 2.08. The Labute approximate surface area is 93.1 Å². The molecule has 0 radical (unpaired) electrons. The predicted molar refractivity (Wildman–Crippen MR) is 55.8 cm³/mol. The molecule has 5 heteroatoms. The van der Waals surface area contributed by atoms with E-state index < -0.39 is 5.97 Å². The smallest absolute Gasteiger partial charge is 0.337 e. The van der Waals surface area contributed by atoms with Gasteiger partial charge in [0, 0.05) is 3.57 Å². The lowest BCUT2D eigenvalue weighted by Gasteiger charge is -2.01. The van der Waals surface area contributed by atoms with Gasteiger partial charge in [-0.2, -0.15) is 5.26 Å². The largest absolute Gasteiger partial charge is 0.478 e. The maximum absolute atomic E-state index is 10.6. The highest BCUT2D eigenvalue weighted by Gasteiger charge is 2.13. The molecule has 0 saturated heterocycles. The van der Waals surface area contributed by atoms with Crippen LogP contribution >= 0.6 is 34.2 Å². The summed E-state index contributed by atoms with van der Waals surface area (Å²) in [5.41, 5.74) is 0.149. The minimum absolute atomic E-state index is 0.00424. The molecule has 0 aliphatic rings. The van der Waals surface area contributed by atoms with Crippen molar-refractivity contribution in [2.75, 3.05) is 0 Å². The van der Waals surface area contributed by atoms with Crippen LogP contribution in [0, 0.1) is 14.9 Å². The van der Waals surface area contributed by atoms with Gasteiger partial charge in [0.25, 0.3) is 0 Å². The zero-order valence-electron chi connectivity index (χ0n) is 6.21. The highest BCUT2D eigenvalue weighted by atomic mass is 127. The van der Waals surface area contributed by atoms with E-state index in [9.17, 15) is 4.79 Å². The Hall–Kier alpha value is -0.800. The van der Waals surface area contributed by atoms with E-state index >= 15 is 0 Å². The van der Waals surface area contributed by atoms with Gasteiger partial charge in [-0.15, -0.1) is 0 Å². The van der Waals surface area contributed by atoms with Gasteiger partial charge in [0.2, 0.25) is 0 Å². The molecule has 0 aliphatic carbocycles. The van der Waals surface area contributed by atoms with Crippen LogP contribution in [-0.2, 0) is 0 Å². The van der Waals surface area contributed by atoms with Gasteiger partial charge in [-0.05, 0) is 34.7 Å². The summed E-state index contributed by atoms with van der Waals surface area (Å²) in [6, 6.07) is 4.79. The third-order valence-corrected chi connectivity index (χ3v) is 2.42. The zero-order chi connectivity index (χ0) is 10.0. The van der Waals surface area contributed by atoms with Gasteiger partial charge >= 0.3 is 5.97 Å². The molecule has 1 aromatic rings. The molecule has 0 aromatic heterocycles. The quantitative estimate of drug-likeness (QED) is 0.811. The third-order valence-electron chi connectivity index (χ3n) is 1.39. The van der Waals surface area contributed by atoms with Crippen molar-refractivity contribution in [2.45, 2.75) is 0 Å². The number of carboxylic acids is 1. The lowest BCUT2D eigenvalue weighted by molar-refractivity contribution is 0.0697. The standard InChI is InChI=1S/C8H3ClINO2/c9-7-4(3-11)1-5(10)2-6(7)8(12)13/h1-2H,(H,12,13). The number of hydrogen-bond donors (Lipinski definition) is 1. The van der Waals surface area contributed by atoms with Gasteiger partial charge in [0.1, 0.15) is 6.07 Å². The van der Waals surface area contributed by atoms with E-state index in [2.05, 4.69) is 0 Å². The summed E-state index contributed by atoms with van der Waals surface area (Å²) in [7, 11) is 0. The van der Waals surface area contributed by atoms with Crippen LogP contribution in [0.1, 0.15) is 15.9 Å². The van der Waals surface area contributed by atoms with Crippen LogP contribution in [-0.4, -0.2) is 11.1 Å². The number of carboxylic acid groups (broad SMARTS) is 1. The summed E-state index contributed by atoms with van der Waals surface area (Å²) in [4.78, 5) is 10.6. The van der Waals surface area contributed by atoms with Crippen LogP contribution in [0.2, 0.25) is 5.02 Å². The van der Waals surface area contributed by atoms with E-state index in [4.69, 9.17) is 22.0 Å². The lowest BCUT2D eigenvalue weighted by atomic mass is 10.1. The van der Waals surface area contributed by atoms with Crippen LogP contribution < -0.4 is 0 Å². The van der Waals surface area contributed by atoms with E-state index in [0.29, 0.717) is 3.57 Å². The number of carbonyl (C=O) groups is 1. The summed E-state index contributed by atoms with van der Waals surface area (Å²) >= 11 is 7.60. The predicted octanol–water partition coefficient (Wildman–Crippen LogP) is 2.51. The van der Waals surface area contributed by atoms with E-state index in [1.54, 1.807) is 0 Å². The molecule has 3 nitrogen and oxygen atoms in total. The highest BCUT2D eigenvalue weighted by molar-refractivity contribution is 14.1. The SMILES string of the molecule is N#Cc1cc(I)cc(C(=O)O)c1Cl. The third kappa shape index (κ3) is 2.11. The molecule has 1 N–H and O–H groups in total. The second kappa shape index (κ2) is 3.94. The van der Waals surface area contributed by atoms with E-state index in [1.165, 1.54) is 12.1 Å². The van der Waals surface area contributed by atoms with Crippen molar-refractivity contribution in [3.05, 3.63) is 31.9 Å². The second-order valence-corrected chi connectivity index (χ2v) is 3.86. The van der Waals surface area contributed by atoms with Gasteiger partial charge in [0.05, 0.1) is 16.1 Å². The van der Waals surface area contributed by atoms with Crippen molar-refractivity contribution in [3.63, 3.8) is 0 Å². The summed E-state index contributed by atoms with van der Waals surface area (Å²) in [5.74, 6) is -1.12. The first-order valence-electron chi connectivity index (χ1n) is 3.18. The van der Waals surface area contributed by atoms with Gasteiger partial charge in [-0.25, -0.2) is 4.79 Å². The average molecular weight is 307 g/mol. The second-order valence-electron chi connectivity index (χ2n) is 2.23. The molecule has 0 heterocycles. The molecule has 66 valence electrons. The minimum atomic E-state index is -1.12. The molecule has 0 fully saturated rings. The number of nitrogens with zero attached hydrogens (tertiary/aromatic N) is 1. The van der Waals surface area contributed by atoms with Crippen molar-refractivity contribution >= 4 is 40.2 Å². The Balaban J connectivity index is 3.47. The molecule has 0 atom stereocenters. The number of nitriles is 1. The van der Waals surface area contributed by atoms with Crippen molar-refractivity contribution in [2.24, 2.45) is 0 Å². The van der Waals surface area contributed by atoms with Crippen molar-refractivity contribution < 1.29 is 9.90 Å². The molecular weight excluding hydrogens is 304 g/mol. The van der Waals surface area contributed by atoms with Crippen molar-refractivity contribution in [1.29, 1.82) is 5.26 Å². The van der Waals surface area contributed by atoms with Crippen LogP contribution in [0.25, 0.3) is 0 Å². The minimum Gasteiger partial charge on any atom is -0.478 e. The molecule has 0 aliphatic heterocycles. The number of aromatic carboxylic acids is 1. The maximum Gasteiger partial charge on any atom is 0.337 e. The summed E-state index contributed by atoms with van der Waals surface area (Å²) in [6.07, 6.45) is 0. The van der Waals surface area contributed by atoms with Crippen LogP contribution in [0.3, 0.4) is 0 Å². The topological polar surface area (TPSA) is 61.1 Å². The molecular formula is C8H3ClINO2. The number of rotatable bonds is 1. The van der Waals surface area contributed by atoms with Gasteiger partial charge in [-0.3, -0.25) is 0 Å². The highest BCUT2D eigenvalue weighted by Crippen LogP contribution is 2.23. The van der Waals surface area contributed by atoms with E-state index in [-0.39, 0.29) is 16.1 Å². The first-order valence-corrected chi connectivity index (χ1v) is 4.64. The molecule has 0 amide bonds. The molecule has 0 bridgehead atoms. The fourth-order valence-corrected chi connectivity index (χ4v) is 1.68. The summed E-state index contributed by atoms with van der Waals surface area (Å²) in [5, 5.41) is 17.3. The van der Waals surface area contributed by atoms with E-state index in [1.807, 2.05) is 28.7 Å². The number of benzene rings is 1. The van der Waals surface area contributed by atoms with E-state index in [0.717, 1.165) is 0 Å². The van der Waals surface area contributed by atoms with Crippen LogP contribution in [0.4, 0.5) is 0 Å². The van der Waals surface area contributed by atoms with Crippen LogP contribution in [0.5, 0.6) is 0 Å². The molecule has 13 heavy (non-hydrogen) atoms. The van der Waals surface area contributed by atoms with Gasteiger partial charge in [-0.1, -0.05) is 11.6 Å². The van der Waals surface area contributed by atoms with Crippen LogP contribution in [0.15, 0.2) is 12.1 Å².